The van der Waals surface area contributed by atoms with Gasteiger partial charge in [-0.2, -0.15) is 0 Å². The van der Waals surface area contributed by atoms with E-state index in [2.05, 4.69) is 15.0 Å². The highest BCUT2D eigenvalue weighted by molar-refractivity contribution is 6.33. The summed E-state index contributed by atoms with van der Waals surface area (Å²) in [6.07, 6.45) is 3.10. The third kappa shape index (κ3) is 1.69. The van der Waals surface area contributed by atoms with Gasteiger partial charge in [0.1, 0.15) is 23.9 Å². The summed E-state index contributed by atoms with van der Waals surface area (Å²) in [5.41, 5.74) is 2.21. The monoisotopic (exact) mass is 260 g/mol. The normalized spacial score (nSPS) is 10.8. The van der Waals surface area contributed by atoms with Crippen LogP contribution in [0.3, 0.4) is 0 Å². The molecule has 0 unspecified atom stereocenters. The van der Waals surface area contributed by atoms with E-state index in [4.69, 9.17) is 16.3 Å². The van der Waals surface area contributed by atoms with E-state index in [9.17, 15) is 0 Å². The molecule has 0 aliphatic heterocycles. The smallest absolute Gasteiger partial charge is 0.169 e. The Morgan fingerprint density at radius 3 is 2.61 bits per heavy atom. The Morgan fingerprint density at radius 2 is 1.89 bits per heavy atom. The SMILES string of the molecule is COc1ccc(-n2cnc3c(Cl)ncnc32)cc1. The molecule has 2 heterocycles. The maximum Gasteiger partial charge on any atom is 0.169 e. The molecule has 3 rings (SSSR count). The first-order chi connectivity index (χ1) is 8.79. The molecule has 3 aromatic rings. The fourth-order valence-electron chi connectivity index (χ4n) is 1.74. The van der Waals surface area contributed by atoms with Crippen molar-refractivity contribution in [2.45, 2.75) is 0 Å². The van der Waals surface area contributed by atoms with Gasteiger partial charge in [0.2, 0.25) is 0 Å². The van der Waals surface area contributed by atoms with E-state index >= 15 is 0 Å². The van der Waals surface area contributed by atoms with Crippen LogP contribution in [0.2, 0.25) is 5.15 Å². The van der Waals surface area contributed by atoms with Gasteiger partial charge in [0.25, 0.3) is 0 Å². The van der Waals surface area contributed by atoms with Crippen LogP contribution in [0.25, 0.3) is 16.9 Å². The zero-order chi connectivity index (χ0) is 12.5. The van der Waals surface area contributed by atoms with Gasteiger partial charge in [0.05, 0.1) is 7.11 Å². The van der Waals surface area contributed by atoms with Crippen molar-refractivity contribution in [3.63, 3.8) is 0 Å². The standard InChI is InChI=1S/C12H9ClN4O/c1-18-9-4-2-8(3-5-9)17-7-16-10-11(13)14-6-15-12(10)17/h2-7H,1H3. The number of halogens is 1. The molecule has 18 heavy (non-hydrogen) atoms. The van der Waals surface area contributed by atoms with Crippen LogP contribution in [0.15, 0.2) is 36.9 Å². The van der Waals surface area contributed by atoms with E-state index in [0.29, 0.717) is 16.3 Å². The topological polar surface area (TPSA) is 52.8 Å². The number of hydrogen-bond acceptors (Lipinski definition) is 4. The summed E-state index contributed by atoms with van der Waals surface area (Å²) in [5, 5.41) is 0.354. The average Bonchev–Trinajstić information content (AvgIpc) is 2.84. The summed E-state index contributed by atoms with van der Waals surface area (Å²) < 4.78 is 6.97. The van der Waals surface area contributed by atoms with E-state index in [1.165, 1.54) is 6.33 Å². The molecule has 0 atom stereocenters. The molecule has 0 spiro atoms. The first-order valence-corrected chi connectivity index (χ1v) is 5.65. The molecule has 5 nitrogen and oxygen atoms in total. The summed E-state index contributed by atoms with van der Waals surface area (Å²) in [4.78, 5) is 12.3. The van der Waals surface area contributed by atoms with Crippen molar-refractivity contribution in [3.05, 3.63) is 42.1 Å². The third-order valence-electron chi connectivity index (χ3n) is 2.64. The summed E-state index contributed by atoms with van der Waals surface area (Å²) in [6, 6.07) is 7.61. The number of nitrogens with zero attached hydrogens (tertiary/aromatic N) is 4. The summed E-state index contributed by atoms with van der Waals surface area (Å²) in [7, 11) is 1.63. The number of imidazole rings is 1. The van der Waals surface area contributed by atoms with Gasteiger partial charge in [-0.15, -0.1) is 0 Å². The van der Waals surface area contributed by atoms with Gasteiger partial charge < -0.3 is 4.74 Å². The van der Waals surface area contributed by atoms with Crippen molar-refractivity contribution in [1.82, 2.24) is 19.5 Å². The average molecular weight is 261 g/mol. The molecule has 1 aromatic carbocycles. The Kier molecular flexibility index (Phi) is 2.60. The maximum absolute atomic E-state index is 5.96. The molecule has 0 aliphatic rings. The molecular weight excluding hydrogens is 252 g/mol. The predicted molar refractivity (Wildman–Crippen MR) is 68.2 cm³/mol. The van der Waals surface area contributed by atoms with Crippen molar-refractivity contribution in [3.8, 4) is 11.4 Å². The lowest BCUT2D eigenvalue weighted by Crippen LogP contribution is -1.94. The molecular formula is C12H9ClN4O. The second kappa shape index (κ2) is 4.27. The molecule has 0 amide bonds. The van der Waals surface area contributed by atoms with E-state index < -0.39 is 0 Å². The molecule has 0 saturated carbocycles. The van der Waals surface area contributed by atoms with Gasteiger partial charge in [-0.05, 0) is 24.3 Å². The molecule has 6 heteroatoms. The van der Waals surface area contributed by atoms with Gasteiger partial charge in [0.15, 0.2) is 10.8 Å². The molecule has 0 saturated heterocycles. The van der Waals surface area contributed by atoms with Crippen molar-refractivity contribution in [1.29, 1.82) is 0 Å². The molecule has 90 valence electrons. The molecule has 0 fully saturated rings. The number of benzene rings is 1. The molecule has 2 aromatic heterocycles. The highest BCUT2D eigenvalue weighted by atomic mass is 35.5. The van der Waals surface area contributed by atoms with Crippen molar-refractivity contribution in [2.75, 3.05) is 7.11 Å². The summed E-state index contributed by atoms with van der Waals surface area (Å²) in [6.45, 7) is 0. The van der Waals surface area contributed by atoms with Crippen LogP contribution in [-0.2, 0) is 0 Å². The molecule has 0 N–H and O–H groups in total. The lowest BCUT2D eigenvalue weighted by Gasteiger charge is -2.04. The molecule has 0 radical (unpaired) electrons. The quantitative estimate of drug-likeness (QED) is 0.664. The maximum atomic E-state index is 5.96. The van der Waals surface area contributed by atoms with E-state index in [-0.39, 0.29) is 0 Å². The van der Waals surface area contributed by atoms with Crippen LogP contribution in [-0.4, -0.2) is 26.6 Å². The van der Waals surface area contributed by atoms with E-state index in [1.807, 2.05) is 28.8 Å². The van der Waals surface area contributed by atoms with E-state index in [1.54, 1.807) is 13.4 Å². The van der Waals surface area contributed by atoms with Crippen LogP contribution in [0.1, 0.15) is 0 Å². The Bertz CT molecular complexity index is 693. The van der Waals surface area contributed by atoms with Gasteiger partial charge >= 0.3 is 0 Å². The van der Waals surface area contributed by atoms with Crippen LogP contribution in [0.5, 0.6) is 5.75 Å². The summed E-state index contributed by atoms with van der Waals surface area (Å²) >= 11 is 5.96. The minimum absolute atomic E-state index is 0.354. The Hall–Kier alpha value is -2.14. The molecule has 0 bridgehead atoms. The Balaban J connectivity index is 2.16. The Labute approximate surface area is 108 Å². The highest BCUT2D eigenvalue weighted by Crippen LogP contribution is 2.21. The third-order valence-corrected chi connectivity index (χ3v) is 2.92. The minimum Gasteiger partial charge on any atom is -0.497 e. The second-order valence-corrected chi connectivity index (χ2v) is 4.01. The second-order valence-electron chi connectivity index (χ2n) is 3.65. The Morgan fingerprint density at radius 1 is 1.11 bits per heavy atom. The number of aromatic nitrogens is 4. The lowest BCUT2D eigenvalue weighted by atomic mass is 10.3. The van der Waals surface area contributed by atoms with Crippen LogP contribution in [0.4, 0.5) is 0 Å². The first-order valence-electron chi connectivity index (χ1n) is 5.27. The van der Waals surface area contributed by atoms with Crippen molar-refractivity contribution < 1.29 is 4.74 Å². The van der Waals surface area contributed by atoms with Crippen LogP contribution >= 0.6 is 11.6 Å². The number of hydrogen-bond donors (Lipinski definition) is 0. The fourth-order valence-corrected chi connectivity index (χ4v) is 1.91. The van der Waals surface area contributed by atoms with Crippen LogP contribution < -0.4 is 4.74 Å². The van der Waals surface area contributed by atoms with Gasteiger partial charge in [0, 0.05) is 5.69 Å². The van der Waals surface area contributed by atoms with Crippen molar-refractivity contribution in [2.24, 2.45) is 0 Å². The van der Waals surface area contributed by atoms with Gasteiger partial charge in [-0.3, -0.25) is 4.57 Å². The fraction of sp³-hybridized carbons (Fsp3) is 0.0833. The number of methoxy groups -OCH3 is 1. The number of fused-ring (bicyclic) bond motifs is 1. The molecule has 0 aliphatic carbocycles. The zero-order valence-corrected chi connectivity index (χ0v) is 10.3. The minimum atomic E-state index is 0.354. The highest BCUT2D eigenvalue weighted by Gasteiger charge is 2.09. The van der Waals surface area contributed by atoms with Gasteiger partial charge in [-0.25, -0.2) is 15.0 Å². The summed E-state index contributed by atoms with van der Waals surface area (Å²) in [5.74, 6) is 0.802. The van der Waals surface area contributed by atoms with E-state index in [0.717, 1.165) is 11.4 Å². The number of ether oxygens (including phenoxy) is 1. The largest absolute Gasteiger partial charge is 0.497 e. The predicted octanol–water partition coefficient (Wildman–Crippen LogP) is 2.48. The van der Waals surface area contributed by atoms with Crippen molar-refractivity contribution >= 4 is 22.8 Å². The number of rotatable bonds is 2. The lowest BCUT2D eigenvalue weighted by molar-refractivity contribution is 0.415. The zero-order valence-electron chi connectivity index (χ0n) is 9.54. The van der Waals surface area contributed by atoms with Crippen LogP contribution in [0, 0.1) is 0 Å². The van der Waals surface area contributed by atoms with Gasteiger partial charge in [-0.1, -0.05) is 11.6 Å². The first kappa shape index (κ1) is 11.0.